The van der Waals surface area contributed by atoms with Crippen molar-refractivity contribution in [3.63, 3.8) is 0 Å². The van der Waals surface area contributed by atoms with Crippen molar-refractivity contribution in [2.24, 2.45) is 0 Å². The molecule has 1 saturated heterocycles. The minimum Gasteiger partial charge on any atom is -0.337 e. The predicted molar refractivity (Wildman–Crippen MR) is 68.6 cm³/mol. The van der Waals surface area contributed by atoms with Gasteiger partial charge < -0.3 is 4.90 Å². The number of rotatable bonds is 4. The summed E-state index contributed by atoms with van der Waals surface area (Å²) >= 11 is 0. The molecule has 2 heterocycles. The quantitative estimate of drug-likeness (QED) is 0.930. The van der Waals surface area contributed by atoms with Gasteiger partial charge in [-0.1, -0.05) is 13.3 Å². The van der Waals surface area contributed by atoms with Gasteiger partial charge in [0.1, 0.15) is 5.69 Å². The van der Waals surface area contributed by atoms with E-state index in [0.29, 0.717) is 5.69 Å². The summed E-state index contributed by atoms with van der Waals surface area (Å²) in [5.74, 6) is -0.251. The Morgan fingerprint density at radius 1 is 1.48 bits per heavy atom. The second-order valence-corrected chi connectivity index (χ2v) is 5.08. The molecule has 0 unspecified atom stereocenters. The number of nitrogens with one attached hydrogen (secondary N) is 1. The molecule has 0 spiro atoms. The maximum absolute atomic E-state index is 12.2. The predicted octanol–water partition coefficient (Wildman–Crippen LogP) is 2.50. The number of hydrogen-bond acceptors (Lipinski definition) is 3. The molecule has 1 aromatic heterocycles. The van der Waals surface area contributed by atoms with Crippen LogP contribution >= 0.6 is 0 Å². The normalized spacial score (nSPS) is 17.2. The largest absolute Gasteiger partial charge is 0.522 e. The maximum Gasteiger partial charge on any atom is 0.522 e. The number of aryl methyl sites for hydroxylation is 1. The van der Waals surface area contributed by atoms with Gasteiger partial charge in [-0.3, -0.25) is 14.6 Å². The summed E-state index contributed by atoms with van der Waals surface area (Å²) in [6, 6.07) is 1.70. The number of likely N-dealkylation sites (tertiary alicyclic amines) is 1. The van der Waals surface area contributed by atoms with Gasteiger partial charge in [0.15, 0.2) is 0 Å². The molecule has 118 valence electrons. The monoisotopic (exact) mass is 305 g/mol. The number of nitrogens with zero attached hydrogens (tertiary/aromatic N) is 2. The van der Waals surface area contributed by atoms with Crippen LogP contribution in [0.15, 0.2) is 6.07 Å². The lowest BCUT2D eigenvalue weighted by atomic mass is 10.1. The number of ether oxygens (including phenoxy) is 1. The van der Waals surface area contributed by atoms with Gasteiger partial charge in [0, 0.05) is 18.8 Å². The van der Waals surface area contributed by atoms with Crippen molar-refractivity contribution in [1.29, 1.82) is 0 Å². The highest BCUT2D eigenvalue weighted by Crippen LogP contribution is 2.24. The average molecular weight is 305 g/mol. The zero-order valence-corrected chi connectivity index (χ0v) is 11.7. The van der Waals surface area contributed by atoms with Crippen LogP contribution in [0.1, 0.15) is 42.4 Å². The van der Waals surface area contributed by atoms with Gasteiger partial charge in [-0.2, -0.15) is 5.10 Å². The molecule has 0 atom stereocenters. The number of carbonyl (C=O) groups excluding carboxylic acids is 1. The first-order valence-corrected chi connectivity index (χ1v) is 6.97. The zero-order chi connectivity index (χ0) is 15.5. The van der Waals surface area contributed by atoms with E-state index in [1.54, 1.807) is 6.07 Å². The van der Waals surface area contributed by atoms with E-state index in [9.17, 15) is 18.0 Å². The Kier molecular flexibility index (Phi) is 4.87. The molecule has 1 aromatic rings. The van der Waals surface area contributed by atoms with Crippen molar-refractivity contribution in [2.75, 3.05) is 13.1 Å². The van der Waals surface area contributed by atoms with Gasteiger partial charge in [-0.25, -0.2) is 0 Å². The summed E-state index contributed by atoms with van der Waals surface area (Å²) in [6.07, 6.45) is -3.38. The molecule has 1 fully saturated rings. The smallest absolute Gasteiger partial charge is 0.337 e. The molecule has 0 aliphatic carbocycles. The molecule has 0 radical (unpaired) electrons. The molecule has 21 heavy (non-hydrogen) atoms. The van der Waals surface area contributed by atoms with E-state index < -0.39 is 12.5 Å². The van der Waals surface area contributed by atoms with Gasteiger partial charge >= 0.3 is 6.36 Å². The van der Waals surface area contributed by atoms with Gasteiger partial charge in [0.05, 0.1) is 6.10 Å². The van der Waals surface area contributed by atoms with Crippen molar-refractivity contribution in [3.8, 4) is 0 Å². The molecular weight excluding hydrogens is 287 g/mol. The summed E-state index contributed by atoms with van der Waals surface area (Å²) in [5, 5.41) is 6.76. The van der Waals surface area contributed by atoms with Crippen molar-refractivity contribution in [2.45, 2.75) is 45.1 Å². The van der Waals surface area contributed by atoms with Crippen LogP contribution in [-0.4, -0.2) is 46.6 Å². The Bertz CT molecular complexity index is 479. The minimum absolute atomic E-state index is 0.178. The second kappa shape index (κ2) is 6.46. The topological polar surface area (TPSA) is 58.2 Å². The molecule has 0 aromatic carbocycles. The first-order chi connectivity index (χ1) is 9.89. The van der Waals surface area contributed by atoms with Crippen molar-refractivity contribution in [1.82, 2.24) is 15.1 Å². The molecule has 1 amide bonds. The summed E-state index contributed by atoms with van der Waals surface area (Å²) in [5.41, 5.74) is 1.20. The van der Waals surface area contributed by atoms with Crippen LogP contribution in [0.4, 0.5) is 13.2 Å². The lowest BCUT2D eigenvalue weighted by Crippen LogP contribution is -2.42. The first-order valence-electron chi connectivity index (χ1n) is 6.97. The summed E-state index contributed by atoms with van der Waals surface area (Å²) in [7, 11) is 0. The highest BCUT2D eigenvalue weighted by atomic mass is 19.4. The number of aromatic amines is 1. The number of halogens is 3. The molecule has 2 rings (SSSR count). The van der Waals surface area contributed by atoms with Crippen LogP contribution in [-0.2, 0) is 11.2 Å². The van der Waals surface area contributed by atoms with Gasteiger partial charge in [0.2, 0.25) is 0 Å². The molecular formula is C13H18F3N3O2. The highest BCUT2D eigenvalue weighted by molar-refractivity contribution is 5.92. The molecule has 1 aliphatic heterocycles. The Balaban J connectivity index is 1.87. The third-order valence-electron chi connectivity index (χ3n) is 3.40. The van der Waals surface area contributed by atoms with Gasteiger partial charge in [0.25, 0.3) is 5.91 Å². The standard InChI is InChI=1S/C13H18F3N3O2/c1-2-3-9-8-11(18-17-9)12(20)19-6-4-10(5-7-19)21-13(14,15)16/h8,10H,2-7H2,1H3,(H,17,18). The lowest BCUT2D eigenvalue weighted by molar-refractivity contribution is -0.345. The molecule has 0 saturated carbocycles. The number of piperidine rings is 1. The molecule has 8 heteroatoms. The van der Waals surface area contributed by atoms with Gasteiger partial charge in [-0.05, 0) is 25.3 Å². The van der Waals surface area contributed by atoms with E-state index in [1.807, 2.05) is 6.92 Å². The number of alkyl halides is 3. The fourth-order valence-electron chi connectivity index (χ4n) is 2.40. The Labute approximate surface area is 120 Å². The van der Waals surface area contributed by atoms with E-state index in [-0.39, 0.29) is 31.8 Å². The average Bonchev–Trinajstić information content (AvgIpc) is 2.86. The van der Waals surface area contributed by atoms with Gasteiger partial charge in [-0.15, -0.1) is 13.2 Å². The van der Waals surface area contributed by atoms with E-state index >= 15 is 0 Å². The van der Waals surface area contributed by atoms with E-state index in [0.717, 1.165) is 18.5 Å². The SMILES string of the molecule is CCCc1cc(C(=O)N2CCC(OC(F)(F)F)CC2)n[nH]1. The number of aromatic nitrogens is 2. The van der Waals surface area contributed by atoms with Crippen LogP contribution < -0.4 is 0 Å². The molecule has 1 aliphatic rings. The lowest BCUT2D eigenvalue weighted by Gasteiger charge is -2.31. The fourth-order valence-corrected chi connectivity index (χ4v) is 2.40. The summed E-state index contributed by atoms with van der Waals surface area (Å²) in [4.78, 5) is 13.7. The van der Waals surface area contributed by atoms with Crippen molar-refractivity contribution < 1.29 is 22.7 Å². The van der Waals surface area contributed by atoms with Crippen molar-refractivity contribution in [3.05, 3.63) is 17.5 Å². The Morgan fingerprint density at radius 3 is 2.71 bits per heavy atom. The Morgan fingerprint density at radius 2 is 2.14 bits per heavy atom. The van der Waals surface area contributed by atoms with Crippen LogP contribution in [0.2, 0.25) is 0 Å². The maximum atomic E-state index is 12.2. The first kappa shape index (κ1) is 15.8. The Hall–Kier alpha value is -1.57. The highest BCUT2D eigenvalue weighted by Gasteiger charge is 2.35. The third kappa shape index (κ3) is 4.45. The zero-order valence-electron chi connectivity index (χ0n) is 11.7. The molecule has 1 N–H and O–H groups in total. The number of H-pyrrole nitrogens is 1. The van der Waals surface area contributed by atoms with E-state index in [2.05, 4.69) is 14.9 Å². The van der Waals surface area contributed by atoms with Crippen LogP contribution in [0, 0.1) is 0 Å². The number of carbonyl (C=O) groups is 1. The molecule has 5 nitrogen and oxygen atoms in total. The minimum atomic E-state index is -4.62. The van der Waals surface area contributed by atoms with Crippen molar-refractivity contribution >= 4 is 5.91 Å². The van der Waals surface area contributed by atoms with E-state index in [1.165, 1.54) is 4.90 Å². The number of amides is 1. The molecule has 0 bridgehead atoms. The second-order valence-electron chi connectivity index (χ2n) is 5.08. The number of hydrogen-bond donors (Lipinski definition) is 1. The van der Waals surface area contributed by atoms with E-state index in [4.69, 9.17) is 0 Å². The fraction of sp³-hybridized carbons (Fsp3) is 0.692. The van der Waals surface area contributed by atoms with Crippen LogP contribution in [0.3, 0.4) is 0 Å². The third-order valence-corrected chi connectivity index (χ3v) is 3.40. The summed E-state index contributed by atoms with van der Waals surface area (Å²) < 4.78 is 40.3. The summed E-state index contributed by atoms with van der Waals surface area (Å²) in [6.45, 7) is 2.51. The van der Waals surface area contributed by atoms with Crippen LogP contribution in [0.5, 0.6) is 0 Å². The van der Waals surface area contributed by atoms with Crippen LogP contribution in [0.25, 0.3) is 0 Å².